The van der Waals surface area contributed by atoms with Gasteiger partial charge in [0.2, 0.25) is 0 Å². The third-order valence-electron chi connectivity index (χ3n) is 4.75. The van der Waals surface area contributed by atoms with Gasteiger partial charge in [0.25, 0.3) is 6.41 Å². The fraction of sp³-hybridized carbons (Fsp3) is 0.500. The van der Waals surface area contributed by atoms with Crippen molar-refractivity contribution in [3.8, 4) is 0 Å². The summed E-state index contributed by atoms with van der Waals surface area (Å²) in [7, 11) is 0. The van der Waals surface area contributed by atoms with Gasteiger partial charge in [0.1, 0.15) is 11.6 Å². The van der Waals surface area contributed by atoms with E-state index in [0.717, 1.165) is 14.0 Å². The van der Waals surface area contributed by atoms with Gasteiger partial charge in [0.15, 0.2) is 18.7 Å². The normalized spacial score (nSPS) is 24.7. The fourth-order valence-corrected chi connectivity index (χ4v) is 3.23. The molecule has 15 nitrogen and oxygen atoms in total. The van der Waals surface area contributed by atoms with Gasteiger partial charge in [-0.1, -0.05) is 0 Å². The highest BCUT2D eigenvalue weighted by atomic mass is 16.8. The van der Waals surface area contributed by atoms with E-state index in [4.69, 9.17) is 34.5 Å². The van der Waals surface area contributed by atoms with E-state index in [9.17, 15) is 14.4 Å². The molecule has 15 heteroatoms. The number of nitrogen functional groups attached to an aromatic ring is 1. The van der Waals surface area contributed by atoms with Gasteiger partial charge in [-0.05, 0) is 19.1 Å². The van der Waals surface area contributed by atoms with E-state index < -0.39 is 42.6 Å². The average molecular weight is 466 g/mol. The third kappa shape index (κ3) is 4.71. The van der Waals surface area contributed by atoms with Crippen molar-refractivity contribution >= 4 is 17.7 Å². The first-order chi connectivity index (χ1) is 15.9. The van der Waals surface area contributed by atoms with Gasteiger partial charge in [-0.15, -0.1) is 0 Å². The second-order valence-corrected chi connectivity index (χ2v) is 6.85. The summed E-state index contributed by atoms with van der Waals surface area (Å²) in [6.07, 6.45) is -2.03. The molecule has 3 N–H and O–H groups in total. The zero-order chi connectivity index (χ0) is 23.5. The Morgan fingerprint density at radius 2 is 1.82 bits per heavy atom. The molecule has 33 heavy (non-hydrogen) atoms. The maximum atomic E-state index is 12.6. The first-order valence-corrected chi connectivity index (χ1v) is 9.96. The van der Waals surface area contributed by atoms with Crippen molar-refractivity contribution in [1.29, 1.82) is 0 Å². The second-order valence-electron chi connectivity index (χ2n) is 6.85. The van der Waals surface area contributed by atoms with Crippen LogP contribution in [0.25, 0.3) is 0 Å². The number of amides is 1. The highest BCUT2D eigenvalue weighted by molar-refractivity contribution is 5.86. The van der Waals surface area contributed by atoms with Gasteiger partial charge in [-0.2, -0.15) is 9.97 Å². The van der Waals surface area contributed by atoms with Crippen LogP contribution in [0.4, 0.5) is 16.4 Å². The highest BCUT2D eigenvalue weighted by Crippen LogP contribution is 2.27. The Hall–Kier alpha value is -3.37. The summed E-state index contributed by atoms with van der Waals surface area (Å²) in [5, 5.41) is 9.11. The van der Waals surface area contributed by atoms with E-state index in [1.165, 1.54) is 24.5 Å². The number of ether oxygens (including phenoxy) is 5. The summed E-state index contributed by atoms with van der Waals surface area (Å²) in [5.74, 6) is -0.0627. The zero-order valence-electron chi connectivity index (χ0n) is 17.5. The van der Waals surface area contributed by atoms with Crippen LogP contribution >= 0.6 is 0 Å². The fourth-order valence-electron chi connectivity index (χ4n) is 3.23. The Morgan fingerprint density at radius 1 is 1.15 bits per heavy atom. The largest absolute Gasteiger partial charge is 0.449 e. The van der Waals surface area contributed by atoms with Crippen LogP contribution in [0.2, 0.25) is 0 Å². The summed E-state index contributed by atoms with van der Waals surface area (Å²) in [4.78, 5) is 45.8. The summed E-state index contributed by atoms with van der Waals surface area (Å²) in [6.45, 7) is 1.22. The summed E-state index contributed by atoms with van der Waals surface area (Å²) in [5.41, 5.74) is 4.10. The molecule has 2 fully saturated rings. The molecule has 4 atom stereocenters. The number of hydrogen-bond acceptors (Lipinski definition) is 12. The molecule has 0 saturated carbocycles. The molecule has 2 aromatic rings. The molecule has 0 spiro atoms. The number of rotatable bonds is 6. The Balaban J connectivity index is 1.58. The van der Waals surface area contributed by atoms with Crippen molar-refractivity contribution in [3.05, 3.63) is 45.5 Å². The predicted octanol–water partition coefficient (Wildman–Crippen LogP) is -1.26. The van der Waals surface area contributed by atoms with E-state index in [1.807, 2.05) is 0 Å². The Labute approximate surface area is 185 Å². The molecular formula is C18H22N6O9. The zero-order valence-corrected chi connectivity index (χ0v) is 17.5. The Morgan fingerprint density at radius 3 is 2.45 bits per heavy atom. The molecule has 4 heterocycles. The monoisotopic (exact) mass is 466 g/mol. The highest BCUT2D eigenvalue weighted by Gasteiger charge is 2.38. The molecule has 0 bridgehead atoms. The summed E-state index contributed by atoms with van der Waals surface area (Å²) >= 11 is 0. The van der Waals surface area contributed by atoms with Crippen molar-refractivity contribution in [3.63, 3.8) is 0 Å². The first-order valence-electron chi connectivity index (χ1n) is 9.96. The minimum absolute atomic E-state index is 0.0364. The number of nitrogens with two attached hydrogens (primary N) is 1. The maximum absolute atomic E-state index is 12.6. The standard InChI is InChI=1S/C18H22N6O9/c1-2-29-17(28)24(18-31-9-13(33-18)22-5-3-10(19)20-15(22)26)11-4-6-23(16(27)21-11)12-8-30-14(7-25)32-12/h3-6,12-14,18,25H,2,7-9H2,1H3,(H2,19,20,26). The molecule has 2 aliphatic heterocycles. The van der Waals surface area contributed by atoms with Gasteiger partial charge < -0.3 is 34.5 Å². The Kier molecular flexibility index (Phi) is 6.66. The number of carbonyl (C=O) groups excluding carboxylic acids is 1. The topological polar surface area (TPSA) is 182 Å². The van der Waals surface area contributed by atoms with Crippen LogP contribution in [0.5, 0.6) is 0 Å². The molecule has 2 aliphatic rings. The number of nitrogens with zero attached hydrogens (tertiary/aromatic N) is 5. The lowest BCUT2D eigenvalue weighted by Crippen LogP contribution is -2.44. The van der Waals surface area contributed by atoms with Crippen LogP contribution < -0.4 is 22.0 Å². The van der Waals surface area contributed by atoms with Gasteiger partial charge >= 0.3 is 17.5 Å². The van der Waals surface area contributed by atoms with Crippen LogP contribution in [0.15, 0.2) is 34.1 Å². The van der Waals surface area contributed by atoms with Gasteiger partial charge in [-0.3, -0.25) is 9.13 Å². The lowest BCUT2D eigenvalue weighted by Gasteiger charge is -2.26. The van der Waals surface area contributed by atoms with E-state index in [0.29, 0.717) is 0 Å². The molecular weight excluding hydrogens is 444 g/mol. The molecule has 0 aliphatic carbocycles. The molecule has 2 aromatic heterocycles. The number of anilines is 2. The van der Waals surface area contributed by atoms with Crippen molar-refractivity contribution in [1.82, 2.24) is 19.1 Å². The molecule has 1 amide bonds. The maximum Gasteiger partial charge on any atom is 0.419 e. The number of hydrogen-bond donors (Lipinski definition) is 2. The summed E-state index contributed by atoms with van der Waals surface area (Å²) < 4.78 is 29.2. The van der Waals surface area contributed by atoms with E-state index >= 15 is 0 Å². The van der Waals surface area contributed by atoms with Gasteiger partial charge in [0.05, 0.1) is 26.4 Å². The smallest absolute Gasteiger partial charge is 0.419 e. The molecule has 4 unspecified atom stereocenters. The lowest BCUT2D eigenvalue weighted by molar-refractivity contribution is -0.0992. The van der Waals surface area contributed by atoms with Crippen LogP contribution in [0.3, 0.4) is 0 Å². The number of aromatic nitrogens is 4. The number of carbonyl (C=O) groups is 1. The van der Waals surface area contributed by atoms with E-state index in [2.05, 4.69) is 9.97 Å². The number of aliphatic hydroxyl groups is 1. The van der Waals surface area contributed by atoms with Crippen molar-refractivity contribution in [2.24, 2.45) is 0 Å². The third-order valence-corrected chi connectivity index (χ3v) is 4.75. The predicted molar refractivity (Wildman–Crippen MR) is 108 cm³/mol. The molecule has 4 rings (SSSR count). The van der Waals surface area contributed by atoms with Crippen LogP contribution in [0.1, 0.15) is 19.4 Å². The van der Waals surface area contributed by atoms with E-state index in [1.54, 1.807) is 6.92 Å². The molecule has 0 aromatic carbocycles. The molecule has 0 radical (unpaired) electrons. The lowest BCUT2D eigenvalue weighted by atomic mass is 10.5. The van der Waals surface area contributed by atoms with Gasteiger partial charge in [-0.25, -0.2) is 19.3 Å². The second kappa shape index (κ2) is 9.63. The van der Waals surface area contributed by atoms with E-state index in [-0.39, 0.29) is 38.1 Å². The quantitative estimate of drug-likeness (QED) is 0.516. The van der Waals surface area contributed by atoms with Crippen LogP contribution in [-0.2, 0) is 23.7 Å². The Bertz CT molecular complexity index is 1120. The van der Waals surface area contributed by atoms with Crippen LogP contribution in [0, 0.1) is 0 Å². The van der Waals surface area contributed by atoms with Crippen molar-refractivity contribution in [2.75, 3.05) is 37.1 Å². The molecule has 178 valence electrons. The van der Waals surface area contributed by atoms with Crippen molar-refractivity contribution in [2.45, 2.75) is 32.1 Å². The molecule has 2 saturated heterocycles. The SMILES string of the molecule is CCOC(=O)N(c1ccn(C2COC(CO)O2)c(=O)n1)C1OCC(n2ccc(N)nc2=O)O1. The summed E-state index contributed by atoms with van der Waals surface area (Å²) in [6, 6.07) is 2.78. The van der Waals surface area contributed by atoms with Crippen molar-refractivity contribution < 1.29 is 33.6 Å². The minimum atomic E-state index is -1.34. The number of aliphatic hydroxyl groups excluding tert-OH is 1. The first kappa shape index (κ1) is 22.8. The minimum Gasteiger partial charge on any atom is -0.449 e. The average Bonchev–Trinajstić information content (AvgIpc) is 3.44. The van der Waals surface area contributed by atoms with Crippen LogP contribution in [-0.4, -0.2) is 69.4 Å². The van der Waals surface area contributed by atoms with Gasteiger partial charge in [0, 0.05) is 12.4 Å².